The van der Waals surface area contributed by atoms with E-state index in [2.05, 4.69) is 47.6 Å². The molecule has 8 heteroatoms. The molecule has 156 valence electrons. The van der Waals surface area contributed by atoms with E-state index in [-0.39, 0.29) is 18.6 Å². The molecule has 0 saturated heterocycles. The van der Waals surface area contributed by atoms with Crippen LogP contribution in [0.4, 0.5) is 0 Å². The Hall–Kier alpha value is -2.74. The Kier molecular flexibility index (Phi) is 7.90. The molecule has 0 aliphatic carbocycles. The number of halogens is 1. The van der Waals surface area contributed by atoms with E-state index >= 15 is 0 Å². The van der Waals surface area contributed by atoms with Gasteiger partial charge in [-0.3, -0.25) is 20.4 Å². The normalized spacial score (nSPS) is 10.8. The summed E-state index contributed by atoms with van der Waals surface area (Å²) in [6.45, 7) is 5.82. The van der Waals surface area contributed by atoms with Crippen molar-refractivity contribution in [3.8, 4) is 17.2 Å². The highest BCUT2D eigenvalue weighted by Crippen LogP contribution is 2.31. The number of hydrazine groups is 1. The quantitative estimate of drug-likeness (QED) is 0.613. The summed E-state index contributed by atoms with van der Waals surface area (Å²) in [5.41, 5.74) is 5.71. The van der Waals surface area contributed by atoms with Crippen LogP contribution in [0.1, 0.15) is 26.3 Å². The van der Waals surface area contributed by atoms with E-state index < -0.39 is 11.8 Å². The Labute approximate surface area is 178 Å². The summed E-state index contributed by atoms with van der Waals surface area (Å²) < 4.78 is 16.8. The number of hydrogen-bond donors (Lipinski definition) is 2. The van der Waals surface area contributed by atoms with Crippen molar-refractivity contribution in [1.82, 2.24) is 10.9 Å². The maximum atomic E-state index is 11.9. The second kappa shape index (κ2) is 10.2. The van der Waals surface area contributed by atoms with Crippen LogP contribution in [0.2, 0.25) is 0 Å². The third-order valence-corrected chi connectivity index (χ3v) is 4.55. The summed E-state index contributed by atoms with van der Waals surface area (Å²) in [4.78, 5) is 23.7. The molecule has 29 heavy (non-hydrogen) atoms. The number of rotatable bonds is 7. The molecule has 0 unspecified atom stereocenters. The summed E-state index contributed by atoms with van der Waals surface area (Å²) in [6, 6.07) is 12.7. The van der Waals surface area contributed by atoms with Gasteiger partial charge in [0.2, 0.25) is 0 Å². The number of benzene rings is 2. The molecule has 0 bridgehead atoms. The first-order valence-corrected chi connectivity index (χ1v) is 9.76. The van der Waals surface area contributed by atoms with E-state index in [0.717, 1.165) is 10.0 Å². The van der Waals surface area contributed by atoms with Gasteiger partial charge in [0.05, 0.1) is 11.6 Å². The number of nitrogens with one attached hydrogen (secondary N) is 2. The lowest BCUT2D eigenvalue weighted by Crippen LogP contribution is -2.45. The molecule has 0 atom stereocenters. The molecule has 7 nitrogen and oxygen atoms in total. The maximum absolute atomic E-state index is 11.9. The first-order valence-electron chi connectivity index (χ1n) is 8.97. The average Bonchev–Trinajstić information content (AvgIpc) is 2.69. The van der Waals surface area contributed by atoms with Crippen LogP contribution >= 0.6 is 15.9 Å². The molecule has 0 aliphatic rings. The average molecular weight is 465 g/mol. The highest BCUT2D eigenvalue weighted by atomic mass is 79.9. The molecule has 0 spiro atoms. The third kappa shape index (κ3) is 6.98. The summed E-state index contributed by atoms with van der Waals surface area (Å²) in [7, 11) is 1.51. The lowest BCUT2D eigenvalue weighted by Gasteiger charge is -2.20. The summed E-state index contributed by atoms with van der Waals surface area (Å²) >= 11 is 3.45. The molecule has 2 rings (SSSR count). The molecular weight excluding hydrogens is 440 g/mol. The van der Waals surface area contributed by atoms with Crippen LogP contribution in [0, 0.1) is 0 Å². The van der Waals surface area contributed by atoms with E-state index in [4.69, 9.17) is 14.2 Å². The number of carbonyl (C=O) groups is 2. The Balaban J connectivity index is 1.76. The fraction of sp³-hybridized carbons (Fsp3) is 0.333. The monoisotopic (exact) mass is 464 g/mol. The second-order valence-corrected chi connectivity index (χ2v) is 8.07. The van der Waals surface area contributed by atoms with Gasteiger partial charge < -0.3 is 14.2 Å². The van der Waals surface area contributed by atoms with Crippen LogP contribution in [-0.4, -0.2) is 32.1 Å². The predicted molar refractivity (Wildman–Crippen MR) is 113 cm³/mol. The number of hydrogen-bond acceptors (Lipinski definition) is 5. The van der Waals surface area contributed by atoms with Gasteiger partial charge in [0.1, 0.15) is 5.75 Å². The minimum Gasteiger partial charge on any atom is -0.493 e. The summed E-state index contributed by atoms with van der Waals surface area (Å²) in [5.74, 6) is 0.477. The molecule has 2 aromatic carbocycles. The fourth-order valence-corrected chi connectivity index (χ4v) is 2.81. The maximum Gasteiger partial charge on any atom is 0.276 e. The van der Waals surface area contributed by atoms with Crippen molar-refractivity contribution >= 4 is 27.7 Å². The molecule has 0 aromatic heterocycles. The van der Waals surface area contributed by atoms with Crippen molar-refractivity contribution in [2.45, 2.75) is 26.2 Å². The standard InChI is InChI=1S/C21H25BrN2O5/c1-21(2,3)14-9-10-16(15(22)11-14)28-12-19(25)23-24-20(26)13-29-18-8-6-5-7-17(18)27-4/h5-11H,12-13H2,1-4H3,(H,23,25)(H,24,26). The van der Waals surface area contributed by atoms with Crippen molar-refractivity contribution in [3.63, 3.8) is 0 Å². The Morgan fingerprint density at radius 3 is 1.97 bits per heavy atom. The first-order chi connectivity index (χ1) is 13.7. The van der Waals surface area contributed by atoms with Gasteiger partial charge in [-0.25, -0.2) is 0 Å². The van der Waals surface area contributed by atoms with Crippen molar-refractivity contribution in [2.75, 3.05) is 20.3 Å². The number of ether oxygens (including phenoxy) is 3. The Morgan fingerprint density at radius 1 is 0.897 bits per heavy atom. The van der Waals surface area contributed by atoms with E-state index in [1.54, 1.807) is 30.3 Å². The summed E-state index contributed by atoms with van der Waals surface area (Å²) in [6.07, 6.45) is 0. The minimum absolute atomic E-state index is 0.00848. The van der Waals surface area contributed by atoms with E-state index in [9.17, 15) is 9.59 Å². The van der Waals surface area contributed by atoms with E-state index in [1.165, 1.54) is 7.11 Å². The largest absolute Gasteiger partial charge is 0.493 e. The van der Waals surface area contributed by atoms with E-state index in [1.807, 2.05) is 12.1 Å². The van der Waals surface area contributed by atoms with Gasteiger partial charge >= 0.3 is 0 Å². The van der Waals surface area contributed by atoms with Gasteiger partial charge in [-0.05, 0) is 51.2 Å². The zero-order valence-corrected chi connectivity index (χ0v) is 18.5. The second-order valence-electron chi connectivity index (χ2n) is 7.22. The molecule has 2 aromatic rings. The van der Waals surface area contributed by atoms with Crippen LogP contribution in [-0.2, 0) is 15.0 Å². The lowest BCUT2D eigenvalue weighted by atomic mass is 9.87. The highest BCUT2D eigenvalue weighted by Gasteiger charge is 2.16. The van der Waals surface area contributed by atoms with Crippen LogP contribution in [0.25, 0.3) is 0 Å². The van der Waals surface area contributed by atoms with Gasteiger partial charge in [-0.15, -0.1) is 0 Å². The number of methoxy groups -OCH3 is 1. The van der Waals surface area contributed by atoms with Crippen LogP contribution in [0.5, 0.6) is 17.2 Å². The molecule has 2 N–H and O–H groups in total. The molecule has 0 fully saturated rings. The first kappa shape index (κ1) is 22.5. The van der Waals surface area contributed by atoms with E-state index in [0.29, 0.717) is 17.2 Å². The van der Waals surface area contributed by atoms with Crippen LogP contribution in [0.3, 0.4) is 0 Å². The topological polar surface area (TPSA) is 85.9 Å². The molecule has 2 amide bonds. The van der Waals surface area contributed by atoms with Gasteiger partial charge in [-0.2, -0.15) is 0 Å². The molecule has 0 aliphatic heterocycles. The fourth-order valence-electron chi connectivity index (χ4n) is 2.32. The molecule has 0 radical (unpaired) electrons. The predicted octanol–water partition coefficient (Wildman–Crippen LogP) is 3.36. The molecule has 0 saturated carbocycles. The van der Waals surface area contributed by atoms with Gasteiger partial charge in [-0.1, -0.05) is 39.0 Å². The van der Waals surface area contributed by atoms with Gasteiger partial charge in [0, 0.05) is 0 Å². The van der Waals surface area contributed by atoms with Crippen LogP contribution < -0.4 is 25.1 Å². The zero-order valence-electron chi connectivity index (χ0n) is 16.9. The third-order valence-electron chi connectivity index (χ3n) is 3.93. The molecular formula is C21H25BrN2O5. The number of carbonyl (C=O) groups excluding carboxylic acids is 2. The Bertz CT molecular complexity index is 864. The Morgan fingerprint density at radius 2 is 1.45 bits per heavy atom. The molecule has 0 heterocycles. The minimum atomic E-state index is -0.514. The number of para-hydroxylation sites is 2. The summed E-state index contributed by atoms with van der Waals surface area (Å²) in [5, 5.41) is 0. The lowest BCUT2D eigenvalue weighted by molar-refractivity contribution is -0.131. The smallest absolute Gasteiger partial charge is 0.276 e. The van der Waals surface area contributed by atoms with Crippen molar-refractivity contribution in [1.29, 1.82) is 0 Å². The van der Waals surface area contributed by atoms with Crippen molar-refractivity contribution in [2.24, 2.45) is 0 Å². The number of amides is 2. The zero-order chi connectivity index (χ0) is 21.4. The van der Waals surface area contributed by atoms with Crippen LogP contribution in [0.15, 0.2) is 46.9 Å². The SMILES string of the molecule is COc1ccccc1OCC(=O)NNC(=O)COc1ccc(C(C)(C)C)cc1Br. The van der Waals surface area contributed by atoms with Crippen molar-refractivity contribution < 1.29 is 23.8 Å². The van der Waals surface area contributed by atoms with Gasteiger partial charge in [0.15, 0.2) is 24.7 Å². The van der Waals surface area contributed by atoms with Gasteiger partial charge in [0.25, 0.3) is 11.8 Å². The van der Waals surface area contributed by atoms with Crippen molar-refractivity contribution in [3.05, 3.63) is 52.5 Å². The highest BCUT2D eigenvalue weighted by molar-refractivity contribution is 9.10.